The molecule has 0 fully saturated rings. The lowest BCUT2D eigenvalue weighted by atomic mass is 9.98. The highest BCUT2D eigenvalue weighted by Gasteiger charge is 2.11. The van der Waals surface area contributed by atoms with E-state index in [2.05, 4.69) is 56.3 Å². The van der Waals surface area contributed by atoms with E-state index in [0.717, 1.165) is 0 Å². The molecule has 1 heteroatoms. The minimum absolute atomic E-state index is 0.687. The maximum Gasteiger partial charge on any atom is 0.0130 e. The SMILES string of the molecule is CCCCCCCCCCCCC(Cc1ccccc1)N(C)C. The fraction of sp³-hybridized carbons (Fsp3) is 0.727. The predicted molar refractivity (Wildman–Crippen MR) is 104 cm³/mol. The Kier molecular flexibility index (Phi) is 12.0. The van der Waals surface area contributed by atoms with Crippen molar-refractivity contribution in [2.75, 3.05) is 14.1 Å². The molecule has 0 spiro atoms. The highest BCUT2D eigenvalue weighted by atomic mass is 15.1. The van der Waals surface area contributed by atoms with Crippen molar-refractivity contribution in [3.05, 3.63) is 35.9 Å². The first-order valence-electron chi connectivity index (χ1n) is 9.94. The van der Waals surface area contributed by atoms with Crippen molar-refractivity contribution in [1.29, 1.82) is 0 Å². The molecule has 23 heavy (non-hydrogen) atoms. The van der Waals surface area contributed by atoms with Crippen LogP contribution >= 0.6 is 0 Å². The molecule has 0 radical (unpaired) electrons. The highest BCUT2D eigenvalue weighted by Crippen LogP contribution is 2.15. The van der Waals surface area contributed by atoms with Gasteiger partial charge in [-0.3, -0.25) is 0 Å². The van der Waals surface area contributed by atoms with Crippen LogP contribution in [0.2, 0.25) is 0 Å². The molecule has 0 amide bonds. The monoisotopic (exact) mass is 317 g/mol. The molecule has 0 aromatic heterocycles. The van der Waals surface area contributed by atoms with Crippen molar-refractivity contribution in [2.24, 2.45) is 0 Å². The molecule has 0 aliphatic heterocycles. The Balaban J connectivity index is 2.05. The minimum atomic E-state index is 0.687. The quantitative estimate of drug-likeness (QED) is 0.355. The zero-order valence-electron chi connectivity index (χ0n) is 15.9. The Morgan fingerprint density at radius 2 is 1.26 bits per heavy atom. The molecular weight excluding hydrogens is 278 g/mol. The smallest absolute Gasteiger partial charge is 0.0130 e. The molecule has 1 atom stereocenters. The van der Waals surface area contributed by atoms with Gasteiger partial charge in [-0.25, -0.2) is 0 Å². The van der Waals surface area contributed by atoms with E-state index in [9.17, 15) is 0 Å². The van der Waals surface area contributed by atoms with Crippen molar-refractivity contribution < 1.29 is 0 Å². The van der Waals surface area contributed by atoms with Crippen molar-refractivity contribution in [2.45, 2.75) is 90.0 Å². The lowest BCUT2D eigenvalue weighted by Gasteiger charge is -2.24. The number of likely N-dealkylation sites (N-methyl/N-ethyl adjacent to an activating group) is 1. The molecule has 0 heterocycles. The zero-order chi connectivity index (χ0) is 16.8. The summed E-state index contributed by atoms with van der Waals surface area (Å²) >= 11 is 0. The molecule has 1 aromatic carbocycles. The topological polar surface area (TPSA) is 3.24 Å². The third-order valence-electron chi connectivity index (χ3n) is 4.94. The van der Waals surface area contributed by atoms with E-state index in [4.69, 9.17) is 0 Å². The summed E-state index contributed by atoms with van der Waals surface area (Å²) in [6.07, 6.45) is 16.8. The van der Waals surface area contributed by atoms with Crippen LogP contribution in [0.25, 0.3) is 0 Å². The van der Waals surface area contributed by atoms with E-state index in [1.807, 2.05) is 0 Å². The fourth-order valence-corrected chi connectivity index (χ4v) is 3.30. The van der Waals surface area contributed by atoms with Gasteiger partial charge in [0.15, 0.2) is 0 Å². The third-order valence-corrected chi connectivity index (χ3v) is 4.94. The van der Waals surface area contributed by atoms with Crippen LogP contribution in [0.5, 0.6) is 0 Å². The Hall–Kier alpha value is -0.820. The van der Waals surface area contributed by atoms with Crippen LogP contribution in [0.4, 0.5) is 0 Å². The van der Waals surface area contributed by atoms with Gasteiger partial charge in [-0.05, 0) is 32.5 Å². The van der Waals surface area contributed by atoms with Gasteiger partial charge in [0.1, 0.15) is 0 Å². The van der Waals surface area contributed by atoms with E-state index >= 15 is 0 Å². The lowest BCUT2D eigenvalue weighted by Crippen LogP contribution is -2.30. The summed E-state index contributed by atoms with van der Waals surface area (Å²) in [5.41, 5.74) is 1.47. The molecule has 1 aromatic rings. The first-order valence-corrected chi connectivity index (χ1v) is 9.94. The van der Waals surface area contributed by atoms with Gasteiger partial charge in [-0.15, -0.1) is 0 Å². The van der Waals surface area contributed by atoms with Crippen LogP contribution in [0.15, 0.2) is 30.3 Å². The van der Waals surface area contributed by atoms with E-state index in [0.29, 0.717) is 6.04 Å². The summed E-state index contributed by atoms with van der Waals surface area (Å²) in [6, 6.07) is 11.6. The highest BCUT2D eigenvalue weighted by molar-refractivity contribution is 5.15. The second-order valence-electron chi connectivity index (χ2n) is 7.28. The van der Waals surface area contributed by atoms with E-state index < -0.39 is 0 Å². The molecule has 1 unspecified atom stereocenters. The van der Waals surface area contributed by atoms with Crippen molar-refractivity contribution >= 4 is 0 Å². The van der Waals surface area contributed by atoms with Gasteiger partial charge in [0.25, 0.3) is 0 Å². The number of benzene rings is 1. The third kappa shape index (κ3) is 10.5. The molecule has 0 aliphatic carbocycles. The van der Waals surface area contributed by atoms with Gasteiger partial charge in [-0.2, -0.15) is 0 Å². The van der Waals surface area contributed by atoms with Crippen LogP contribution in [0.3, 0.4) is 0 Å². The number of rotatable bonds is 14. The van der Waals surface area contributed by atoms with Gasteiger partial charge in [0.05, 0.1) is 0 Å². The molecule has 0 saturated carbocycles. The van der Waals surface area contributed by atoms with E-state index in [1.165, 1.54) is 82.6 Å². The summed E-state index contributed by atoms with van der Waals surface area (Å²) in [5.74, 6) is 0. The Labute approximate surface area is 145 Å². The van der Waals surface area contributed by atoms with Crippen LogP contribution in [-0.2, 0) is 6.42 Å². The van der Waals surface area contributed by atoms with Crippen LogP contribution in [-0.4, -0.2) is 25.0 Å². The van der Waals surface area contributed by atoms with Gasteiger partial charge in [-0.1, -0.05) is 101 Å². The van der Waals surface area contributed by atoms with Gasteiger partial charge < -0.3 is 4.90 Å². The second-order valence-corrected chi connectivity index (χ2v) is 7.28. The van der Waals surface area contributed by atoms with Crippen LogP contribution < -0.4 is 0 Å². The predicted octanol–water partition coefficient (Wildman–Crippen LogP) is 6.47. The van der Waals surface area contributed by atoms with Crippen molar-refractivity contribution in [1.82, 2.24) is 4.90 Å². The zero-order valence-corrected chi connectivity index (χ0v) is 15.9. The van der Waals surface area contributed by atoms with Gasteiger partial charge in [0.2, 0.25) is 0 Å². The molecule has 1 rings (SSSR count). The van der Waals surface area contributed by atoms with Gasteiger partial charge >= 0.3 is 0 Å². The van der Waals surface area contributed by atoms with Crippen LogP contribution in [0.1, 0.15) is 83.1 Å². The minimum Gasteiger partial charge on any atom is -0.306 e. The number of nitrogens with zero attached hydrogens (tertiary/aromatic N) is 1. The fourth-order valence-electron chi connectivity index (χ4n) is 3.30. The first-order chi connectivity index (χ1) is 11.2. The lowest BCUT2D eigenvalue weighted by molar-refractivity contribution is 0.269. The Morgan fingerprint density at radius 3 is 1.78 bits per heavy atom. The summed E-state index contributed by atoms with van der Waals surface area (Å²) in [7, 11) is 4.45. The molecule has 1 nitrogen and oxygen atoms in total. The molecular formula is C22H39N. The largest absolute Gasteiger partial charge is 0.306 e. The van der Waals surface area contributed by atoms with Crippen molar-refractivity contribution in [3.8, 4) is 0 Å². The summed E-state index contributed by atoms with van der Waals surface area (Å²) < 4.78 is 0. The normalized spacial score (nSPS) is 12.7. The average molecular weight is 318 g/mol. The molecule has 0 bridgehead atoms. The maximum atomic E-state index is 2.40. The second kappa shape index (κ2) is 13.6. The molecule has 132 valence electrons. The standard InChI is InChI=1S/C22H39N/c1-4-5-6-7-8-9-10-11-12-16-19-22(23(2)3)20-21-17-14-13-15-18-21/h13-15,17-18,22H,4-12,16,19-20H2,1-3H3. The molecule has 0 N–H and O–H groups in total. The average Bonchev–Trinajstić information content (AvgIpc) is 2.56. The number of unbranched alkanes of at least 4 members (excludes halogenated alkanes) is 9. The Morgan fingerprint density at radius 1 is 0.739 bits per heavy atom. The number of hydrogen-bond acceptors (Lipinski definition) is 1. The summed E-state index contributed by atoms with van der Waals surface area (Å²) in [6.45, 7) is 2.29. The number of hydrogen-bond donors (Lipinski definition) is 0. The Bertz CT molecular complexity index is 357. The first kappa shape index (κ1) is 20.2. The molecule has 0 saturated heterocycles. The van der Waals surface area contributed by atoms with Crippen LogP contribution in [0, 0.1) is 0 Å². The van der Waals surface area contributed by atoms with Crippen molar-refractivity contribution in [3.63, 3.8) is 0 Å². The van der Waals surface area contributed by atoms with E-state index in [-0.39, 0.29) is 0 Å². The molecule has 0 aliphatic rings. The van der Waals surface area contributed by atoms with E-state index in [1.54, 1.807) is 0 Å². The maximum absolute atomic E-state index is 2.40. The summed E-state index contributed by atoms with van der Waals surface area (Å²) in [4.78, 5) is 2.40. The van der Waals surface area contributed by atoms with Gasteiger partial charge in [0, 0.05) is 6.04 Å². The summed E-state index contributed by atoms with van der Waals surface area (Å²) in [5, 5.41) is 0.